The number of unbranched alkanes of at least 4 members (excludes halogenated alkanes) is 27. The molecule has 0 aromatic heterocycles. The van der Waals surface area contributed by atoms with E-state index in [0.29, 0.717) is 12.8 Å². The van der Waals surface area contributed by atoms with Crippen LogP contribution in [-0.4, -0.2) is 151 Å². The molecule has 13 unspecified atom stereocenters. The van der Waals surface area contributed by atoms with Crippen molar-refractivity contribution < 1.29 is 87.9 Å². The molecule has 0 aromatic carbocycles. The zero-order chi connectivity index (χ0) is 50.9. The molecule has 1 saturated carbocycles. The number of hydrogen-bond donors (Lipinski definition) is 9. The highest BCUT2D eigenvalue weighted by molar-refractivity contribution is 7.47. The maximum atomic E-state index is 13.4. The van der Waals surface area contributed by atoms with Gasteiger partial charge in [0.2, 0.25) is 0 Å². The van der Waals surface area contributed by atoms with Crippen molar-refractivity contribution >= 4 is 19.8 Å². The van der Waals surface area contributed by atoms with Gasteiger partial charge in [0.15, 0.2) is 12.4 Å². The van der Waals surface area contributed by atoms with Gasteiger partial charge in [0.25, 0.3) is 0 Å². The minimum absolute atomic E-state index is 0.0401. The fourth-order valence-electron chi connectivity index (χ4n) is 8.88. The van der Waals surface area contributed by atoms with Crippen molar-refractivity contribution in [2.75, 3.05) is 19.8 Å². The Balaban J connectivity index is 1.92. The van der Waals surface area contributed by atoms with Crippen LogP contribution in [0.25, 0.3) is 0 Å². The zero-order valence-electron chi connectivity index (χ0n) is 42.1. The topological polar surface area (TPSA) is 289 Å². The van der Waals surface area contributed by atoms with E-state index in [1.54, 1.807) is 0 Å². The molecule has 0 amide bonds. The molecule has 0 radical (unpaired) electrons. The van der Waals surface area contributed by atoms with Crippen LogP contribution in [0.4, 0.5) is 0 Å². The summed E-state index contributed by atoms with van der Waals surface area (Å²) >= 11 is 0. The van der Waals surface area contributed by atoms with Crippen LogP contribution in [0.5, 0.6) is 0 Å². The molecular weight excluding hydrogens is 920 g/mol. The van der Waals surface area contributed by atoms with Crippen molar-refractivity contribution in [3.05, 3.63) is 0 Å². The summed E-state index contributed by atoms with van der Waals surface area (Å²) in [6, 6.07) is 0. The van der Waals surface area contributed by atoms with Gasteiger partial charge in [0.1, 0.15) is 67.6 Å². The molecule has 408 valence electrons. The van der Waals surface area contributed by atoms with Gasteiger partial charge >= 0.3 is 19.8 Å². The van der Waals surface area contributed by atoms with Crippen molar-refractivity contribution in [1.29, 1.82) is 0 Å². The van der Waals surface area contributed by atoms with Gasteiger partial charge in [-0.25, -0.2) is 4.57 Å². The molecule has 13 atom stereocenters. The molecule has 18 nitrogen and oxygen atoms in total. The number of esters is 2. The summed E-state index contributed by atoms with van der Waals surface area (Å²) < 4.78 is 45.5. The van der Waals surface area contributed by atoms with Gasteiger partial charge in [-0.05, 0) is 12.8 Å². The minimum atomic E-state index is -5.37. The van der Waals surface area contributed by atoms with Crippen LogP contribution in [0.15, 0.2) is 0 Å². The Hall–Kier alpha value is -1.35. The molecule has 1 aliphatic carbocycles. The second kappa shape index (κ2) is 38.3. The van der Waals surface area contributed by atoms with E-state index >= 15 is 0 Å². The van der Waals surface area contributed by atoms with Crippen molar-refractivity contribution in [3.8, 4) is 0 Å². The highest BCUT2D eigenvalue weighted by Gasteiger charge is 2.55. The average Bonchev–Trinajstić information content (AvgIpc) is 3.33. The van der Waals surface area contributed by atoms with E-state index in [2.05, 4.69) is 13.8 Å². The Morgan fingerprint density at radius 3 is 1.29 bits per heavy atom. The van der Waals surface area contributed by atoms with Crippen LogP contribution >= 0.6 is 7.82 Å². The van der Waals surface area contributed by atoms with E-state index in [-0.39, 0.29) is 12.8 Å². The summed E-state index contributed by atoms with van der Waals surface area (Å²) in [4.78, 5) is 36.6. The van der Waals surface area contributed by atoms with Gasteiger partial charge in [-0.15, -0.1) is 0 Å². The zero-order valence-corrected chi connectivity index (χ0v) is 43.0. The van der Waals surface area contributed by atoms with Crippen molar-refractivity contribution in [3.63, 3.8) is 0 Å². The molecule has 1 aliphatic heterocycles. The van der Waals surface area contributed by atoms with E-state index in [1.807, 2.05) is 0 Å². The molecule has 9 N–H and O–H groups in total. The minimum Gasteiger partial charge on any atom is -0.462 e. The molecule has 2 fully saturated rings. The summed E-state index contributed by atoms with van der Waals surface area (Å²) in [5.74, 6) is -1.20. The number of carbonyl (C=O) groups excluding carboxylic acids is 2. The second-order valence-corrected chi connectivity index (χ2v) is 20.8. The first kappa shape index (κ1) is 63.8. The number of hydrogen-bond acceptors (Lipinski definition) is 17. The Bertz CT molecular complexity index is 1340. The summed E-state index contributed by atoms with van der Waals surface area (Å²) in [5, 5.41) is 83.0. The predicted octanol–water partition coefficient (Wildman–Crippen LogP) is 6.72. The number of aliphatic hydroxyl groups is 8. The highest BCUT2D eigenvalue weighted by Crippen LogP contribution is 2.48. The van der Waals surface area contributed by atoms with Gasteiger partial charge in [0, 0.05) is 12.8 Å². The maximum absolute atomic E-state index is 13.4. The van der Waals surface area contributed by atoms with E-state index in [0.717, 1.165) is 51.4 Å². The van der Waals surface area contributed by atoms with E-state index in [1.165, 1.54) is 122 Å². The van der Waals surface area contributed by atoms with Crippen LogP contribution < -0.4 is 0 Å². The quantitative estimate of drug-likeness (QED) is 0.0174. The third-order valence-electron chi connectivity index (χ3n) is 13.3. The lowest BCUT2D eigenvalue weighted by molar-refractivity contribution is -0.338. The Kier molecular flexibility index (Phi) is 35.4. The third-order valence-corrected chi connectivity index (χ3v) is 14.3. The van der Waals surface area contributed by atoms with Gasteiger partial charge in [-0.3, -0.25) is 18.6 Å². The largest absolute Gasteiger partial charge is 0.472 e. The van der Waals surface area contributed by atoms with Crippen LogP contribution in [0, 0.1) is 0 Å². The Morgan fingerprint density at radius 2 is 0.870 bits per heavy atom. The molecule has 1 heterocycles. The van der Waals surface area contributed by atoms with Gasteiger partial charge in [-0.1, -0.05) is 187 Å². The molecule has 0 bridgehead atoms. The summed E-state index contributed by atoms with van der Waals surface area (Å²) in [6.07, 6.45) is 10.3. The molecule has 2 rings (SSSR count). The van der Waals surface area contributed by atoms with Crippen LogP contribution in [-0.2, 0) is 42.1 Å². The molecule has 69 heavy (non-hydrogen) atoms. The standard InChI is InChI=1S/C50H95O18P/c1-3-5-7-9-11-13-15-17-19-21-23-25-27-29-31-33-40(53)65-37(35-63-39(52)32-30-28-26-24-22-20-18-16-14-12-10-8-6-4-2)36-64-69(61,62)68-49-46(59)44(57)43(56)45(58)48(49)67-50-47(60)42(55)41(54)38(34-51)66-50/h37-38,41-51,54-60H,3-36H2,1-2H3,(H,61,62). The first-order valence-corrected chi connectivity index (χ1v) is 28.4. The lowest BCUT2D eigenvalue weighted by Crippen LogP contribution is -2.67. The second-order valence-electron chi connectivity index (χ2n) is 19.4. The predicted molar refractivity (Wildman–Crippen MR) is 259 cm³/mol. The van der Waals surface area contributed by atoms with E-state index in [9.17, 15) is 59.9 Å². The monoisotopic (exact) mass is 1010 g/mol. The van der Waals surface area contributed by atoms with E-state index < -0.39 is 113 Å². The first-order chi connectivity index (χ1) is 33.2. The smallest absolute Gasteiger partial charge is 0.462 e. The van der Waals surface area contributed by atoms with Crippen LogP contribution in [0.2, 0.25) is 0 Å². The number of phosphoric acid groups is 1. The van der Waals surface area contributed by atoms with Gasteiger partial charge in [-0.2, -0.15) is 0 Å². The maximum Gasteiger partial charge on any atom is 0.472 e. The number of rotatable bonds is 42. The van der Waals surface area contributed by atoms with E-state index in [4.69, 9.17) is 28.0 Å². The van der Waals surface area contributed by atoms with Gasteiger partial charge in [0.05, 0.1) is 13.2 Å². The SMILES string of the molecule is CCCCCCCCCCCCCCCCCC(=O)OC(COC(=O)CCCCCCCCCCCCCCCC)COP(=O)(O)OC1C(O)C(O)C(O)C(O)C1OC1OC(CO)C(O)C(O)C1O. The number of carbonyl (C=O) groups is 2. The average molecular weight is 1020 g/mol. The fourth-order valence-corrected chi connectivity index (χ4v) is 9.85. The van der Waals surface area contributed by atoms with Crippen LogP contribution in [0.1, 0.15) is 213 Å². The van der Waals surface area contributed by atoms with Crippen molar-refractivity contribution in [2.24, 2.45) is 0 Å². The number of aliphatic hydroxyl groups excluding tert-OH is 8. The summed E-state index contributed by atoms with van der Waals surface area (Å²) in [7, 11) is -5.37. The lowest BCUT2D eigenvalue weighted by Gasteiger charge is -2.47. The molecule has 1 saturated heterocycles. The number of phosphoric ester groups is 1. The van der Waals surface area contributed by atoms with Crippen molar-refractivity contribution in [1.82, 2.24) is 0 Å². The normalized spacial score (nSPS) is 27.5. The highest BCUT2D eigenvalue weighted by atomic mass is 31.2. The molecule has 0 spiro atoms. The lowest BCUT2D eigenvalue weighted by atomic mass is 9.84. The fraction of sp³-hybridized carbons (Fsp3) is 0.960. The number of ether oxygens (including phenoxy) is 4. The molecular formula is C50H95O18P. The molecule has 2 aliphatic rings. The first-order valence-electron chi connectivity index (χ1n) is 26.9. The third kappa shape index (κ3) is 27.0. The Morgan fingerprint density at radius 1 is 0.493 bits per heavy atom. The molecule has 19 heteroatoms. The van der Waals surface area contributed by atoms with Crippen molar-refractivity contribution in [2.45, 2.75) is 286 Å². The van der Waals surface area contributed by atoms with Gasteiger partial charge < -0.3 is 64.7 Å². The molecule has 0 aromatic rings. The summed E-state index contributed by atoms with van der Waals surface area (Å²) in [5.41, 5.74) is 0. The Labute approximate surface area is 412 Å². The van der Waals surface area contributed by atoms with Crippen LogP contribution in [0.3, 0.4) is 0 Å². The summed E-state index contributed by atoms with van der Waals surface area (Å²) in [6.45, 7) is 2.26.